The maximum absolute atomic E-state index is 11.6. The molecule has 0 unspecified atom stereocenters. The van der Waals surface area contributed by atoms with Gasteiger partial charge in [-0.3, -0.25) is 0 Å². The van der Waals surface area contributed by atoms with E-state index in [2.05, 4.69) is 20.8 Å². The summed E-state index contributed by atoms with van der Waals surface area (Å²) < 4.78 is 5.08. The number of aromatic nitrogens is 2. The lowest BCUT2D eigenvalue weighted by Gasteiger charge is -2.02. The lowest BCUT2D eigenvalue weighted by molar-refractivity contribution is 0.239. The van der Waals surface area contributed by atoms with E-state index in [-0.39, 0.29) is 12.6 Å². The minimum absolute atomic E-state index is 0.244. The van der Waals surface area contributed by atoms with Crippen molar-refractivity contribution in [3.05, 3.63) is 53.7 Å². The Kier molecular flexibility index (Phi) is 4.48. The first-order valence-corrected chi connectivity index (χ1v) is 7.37. The van der Waals surface area contributed by atoms with Crippen LogP contribution in [0.2, 0.25) is 0 Å². The van der Waals surface area contributed by atoms with Crippen LogP contribution in [0.4, 0.5) is 4.79 Å². The summed E-state index contributed by atoms with van der Waals surface area (Å²) in [6.45, 7) is 0.700. The third-order valence-electron chi connectivity index (χ3n) is 3.32. The van der Waals surface area contributed by atoms with Crippen molar-refractivity contribution in [2.45, 2.75) is 25.3 Å². The fraction of sp³-hybridized carbons (Fsp3) is 0.312. The number of nitrogens with zero attached hydrogens (tertiary/aromatic N) is 2. The topological polar surface area (TPSA) is 80.0 Å². The zero-order valence-corrected chi connectivity index (χ0v) is 12.2. The Bertz CT molecular complexity index is 647. The molecule has 0 radical (unpaired) electrons. The van der Waals surface area contributed by atoms with Crippen LogP contribution >= 0.6 is 0 Å². The molecule has 1 fully saturated rings. The van der Waals surface area contributed by atoms with E-state index in [4.69, 9.17) is 4.52 Å². The number of benzene rings is 1. The Balaban J connectivity index is 1.36. The number of carbonyl (C=O) groups excluding carboxylic acids is 1. The number of rotatable bonds is 6. The summed E-state index contributed by atoms with van der Waals surface area (Å²) in [4.78, 5) is 15.9. The molecule has 6 heteroatoms. The van der Waals surface area contributed by atoms with Crippen molar-refractivity contribution in [1.82, 2.24) is 20.8 Å². The summed E-state index contributed by atoms with van der Waals surface area (Å²) in [5, 5.41) is 9.32. The van der Waals surface area contributed by atoms with E-state index < -0.39 is 0 Å². The largest absolute Gasteiger partial charge is 0.337 e. The third kappa shape index (κ3) is 4.18. The highest BCUT2D eigenvalue weighted by Gasteiger charge is 2.28. The van der Waals surface area contributed by atoms with Crippen LogP contribution in [0.1, 0.15) is 36.0 Å². The highest BCUT2D eigenvalue weighted by molar-refractivity contribution is 5.74. The first-order valence-electron chi connectivity index (χ1n) is 7.37. The molecule has 6 nitrogen and oxygen atoms in total. The van der Waals surface area contributed by atoms with Gasteiger partial charge < -0.3 is 15.2 Å². The Morgan fingerprint density at radius 2 is 2.09 bits per heavy atom. The van der Waals surface area contributed by atoms with E-state index in [0.29, 0.717) is 18.4 Å². The minimum atomic E-state index is -0.260. The molecular weight excluding hydrogens is 280 g/mol. The third-order valence-corrected chi connectivity index (χ3v) is 3.32. The average molecular weight is 298 g/mol. The molecule has 0 aliphatic heterocycles. The quantitative estimate of drug-likeness (QED) is 0.858. The van der Waals surface area contributed by atoms with E-state index in [9.17, 15) is 4.79 Å². The van der Waals surface area contributed by atoms with Crippen molar-refractivity contribution in [2.75, 3.05) is 6.54 Å². The molecule has 1 aromatic carbocycles. The van der Waals surface area contributed by atoms with Crippen LogP contribution in [0, 0.1) is 0 Å². The lowest BCUT2D eigenvalue weighted by atomic mass is 10.2. The predicted molar refractivity (Wildman–Crippen MR) is 82.0 cm³/mol. The molecular formula is C16H18N4O2. The van der Waals surface area contributed by atoms with E-state index in [1.165, 1.54) is 0 Å². The molecule has 0 bridgehead atoms. The van der Waals surface area contributed by atoms with Gasteiger partial charge >= 0.3 is 6.03 Å². The molecule has 22 heavy (non-hydrogen) atoms. The zero-order valence-electron chi connectivity index (χ0n) is 12.2. The number of urea groups is 1. The molecule has 114 valence electrons. The van der Waals surface area contributed by atoms with Gasteiger partial charge in [-0.2, -0.15) is 4.98 Å². The van der Waals surface area contributed by atoms with Gasteiger partial charge in [0.25, 0.3) is 0 Å². The second-order valence-electron chi connectivity index (χ2n) is 5.20. The fourth-order valence-corrected chi connectivity index (χ4v) is 1.98. The summed E-state index contributed by atoms with van der Waals surface area (Å²) in [7, 11) is 0. The maximum Gasteiger partial charge on any atom is 0.315 e. The van der Waals surface area contributed by atoms with Gasteiger partial charge in [0.05, 0.1) is 6.54 Å². The molecule has 1 aliphatic rings. The van der Waals surface area contributed by atoms with Crippen molar-refractivity contribution in [1.29, 1.82) is 0 Å². The molecule has 0 saturated heterocycles. The Morgan fingerprint density at radius 1 is 1.27 bits per heavy atom. The molecule has 0 spiro atoms. The number of carbonyl (C=O) groups is 1. The monoisotopic (exact) mass is 298 g/mol. The Labute approximate surface area is 128 Å². The summed E-state index contributed by atoms with van der Waals surface area (Å²) in [6.07, 6.45) is 6.11. The Hall–Kier alpha value is -2.63. The van der Waals surface area contributed by atoms with Crippen LogP contribution in [0.15, 0.2) is 40.9 Å². The van der Waals surface area contributed by atoms with Gasteiger partial charge in [-0.25, -0.2) is 4.79 Å². The molecule has 2 amide bonds. The van der Waals surface area contributed by atoms with Gasteiger partial charge in [0.2, 0.25) is 5.89 Å². The summed E-state index contributed by atoms with van der Waals surface area (Å²) in [5.74, 6) is 1.65. The van der Waals surface area contributed by atoms with Crippen molar-refractivity contribution < 1.29 is 9.32 Å². The van der Waals surface area contributed by atoms with Crippen molar-refractivity contribution >= 4 is 12.1 Å². The summed E-state index contributed by atoms with van der Waals surface area (Å²) >= 11 is 0. The first-order chi connectivity index (χ1) is 10.8. The molecule has 3 rings (SSSR count). The average Bonchev–Trinajstić information content (AvgIpc) is 3.29. The highest BCUT2D eigenvalue weighted by Crippen LogP contribution is 2.37. The van der Waals surface area contributed by atoms with Gasteiger partial charge in [0, 0.05) is 12.5 Å². The van der Waals surface area contributed by atoms with Gasteiger partial charge in [-0.05, 0) is 18.4 Å². The number of hydrogen-bond donors (Lipinski definition) is 2. The zero-order chi connectivity index (χ0) is 15.2. The van der Waals surface area contributed by atoms with Crippen LogP contribution in [0.25, 0.3) is 6.08 Å². The molecule has 1 aliphatic carbocycles. The highest BCUT2D eigenvalue weighted by atomic mass is 16.5. The molecule has 0 atom stereocenters. The second kappa shape index (κ2) is 6.89. The molecule has 1 heterocycles. The van der Waals surface area contributed by atoms with Crippen molar-refractivity contribution in [2.24, 2.45) is 0 Å². The van der Waals surface area contributed by atoms with E-state index in [1.54, 1.807) is 0 Å². The lowest BCUT2D eigenvalue weighted by Crippen LogP contribution is -2.35. The number of hydrogen-bond acceptors (Lipinski definition) is 4. The molecule has 1 saturated carbocycles. The number of amides is 2. The van der Waals surface area contributed by atoms with Gasteiger partial charge in [-0.1, -0.05) is 47.6 Å². The predicted octanol–water partition coefficient (Wildman–Crippen LogP) is 2.46. The van der Waals surface area contributed by atoms with E-state index in [0.717, 1.165) is 24.2 Å². The first kappa shape index (κ1) is 14.3. The fourth-order valence-electron chi connectivity index (χ4n) is 1.98. The van der Waals surface area contributed by atoms with Crippen molar-refractivity contribution in [3.8, 4) is 0 Å². The Morgan fingerprint density at radius 3 is 2.86 bits per heavy atom. The smallest absolute Gasteiger partial charge is 0.315 e. The maximum atomic E-state index is 11.6. The van der Waals surface area contributed by atoms with Crippen LogP contribution in [-0.4, -0.2) is 22.7 Å². The second-order valence-corrected chi connectivity index (χ2v) is 5.20. The van der Waals surface area contributed by atoms with Crippen molar-refractivity contribution in [3.63, 3.8) is 0 Å². The number of nitrogens with one attached hydrogen (secondary N) is 2. The minimum Gasteiger partial charge on any atom is -0.337 e. The SMILES string of the molecule is O=C(NCC=Cc1ccccc1)NCc1nc(C2CC2)no1. The normalized spacial score (nSPS) is 14.2. The van der Waals surface area contributed by atoms with Gasteiger partial charge in [0.1, 0.15) is 0 Å². The molecule has 1 aromatic heterocycles. The summed E-state index contributed by atoms with van der Waals surface area (Å²) in [6, 6.07) is 9.66. The van der Waals surface area contributed by atoms with Crippen LogP contribution in [0.5, 0.6) is 0 Å². The van der Waals surface area contributed by atoms with Crippen LogP contribution in [0.3, 0.4) is 0 Å². The van der Waals surface area contributed by atoms with E-state index in [1.807, 2.05) is 42.5 Å². The summed E-state index contributed by atoms with van der Waals surface area (Å²) in [5.41, 5.74) is 1.10. The van der Waals surface area contributed by atoms with Crippen LogP contribution in [-0.2, 0) is 6.54 Å². The van der Waals surface area contributed by atoms with Gasteiger partial charge in [-0.15, -0.1) is 0 Å². The molecule has 2 aromatic rings. The van der Waals surface area contributed by atoms with Crippen LogP contribution < -0.4 is 10.6 Å². The standard InChI is InChI=1S/C16H18N4O2/c21-16(17-10-4-7-12-5-2-1-3-6-12)18-11-14-19-15(20-22-14)13-8-9-13/h1-7,13H,8-11H2,(H2,17,18,21). The molecule has 2 N–H and O–H groups in total. The van der Waals surface area contributed by atoms with E-state index >= 15 is 0 Å². The van der Waals surface area contributed by atoms with Gasteiger partial charge in [0.15, 0.2) is 5.82 Å².